The van der Waals surface area contributed by atoms with Crippen LogP contribution in [0, 0.1) is 6.92 Å². The van der Waals surface area contributed by atoms with Crippen molar-refractivity contribution in [2.75, 3.05) is 12.8 Å². The molecule has 0 bridgehead atoms. The summed E-state index contributed by atoms with van der Waals surface area (Å²) in [6, 6.07) is 6.44. The second-order valence-electron chi connectivity index (χ2n) is 5.30. The first-order valence-corrected chi connectivity index (χ1v) is 7.46. The van der Waals surface area contributed by atoms with Crippen LogP contribution in [0.15, 0.2) is 18.2 Å². The number of amides is 1. The van der Waals surface area contributed by atoms with Crippen molar-refractivity contribution >= 4 is 33.0 Å². The van der Waals surface area contributed by atoms with E-state index in [4.69, 9.17) is 5.73 Å². The lowest BCUT2D eigenvalue weighted by Gasteiger charge is -2.34. The molecule has 3 nitrogen and oxygen atoms in total. The maximum atomic E-state index is 12.5. The molecule has 0 atom stereocenters. The molecule has 1 heterocycles. The molecule has 1 saturated carbocycles. The normalized spacial score (nSPS) is 15.5. The van der Waals surface area contributed by atoms with Gasteiger partial charge in [0, 0.05) is 23.2 Å². The monoisotopic (exact) mass is 274 g/mol. The number of thiophene rings is 1. The molecule has 19 heavy (non-hydrogen) atoms. The highest BCUT2D eigenvalue weighted by atomic mass is 32.1. The number of anilines is 1. The molecular weight excluding hydrogens is 256 g/mol. The van der Waals surface area contributed by atoms with Crippen LogP contribution in [-0.4, -0.2) is 23.9 Å². The van der Waals surface area contributed by atoms with Gasteiger partial charge < -0.3 is 10.6 Å². The van der Waals surface area contributed by atoms with Crippen LogP contribution >= 0.6 is 11.3 Å². The Morgan fingerprint density at radius 3 is 2.74 bits per heavy atom. The molecule has 1 aliphatic carbocycles. The van der Waals surface area contributed by atoms with E-state index >= 15 is 0 Å². The minimum atomic E-state index is 0.0720. The molecule has 3 rings (SSSR count). The Hall–Kier alpha value is -1.55. The first-order valence-electron chi connectivity index (χ1n) is 6.64. The largest absolute Gasteiger partial charge is 0.397 e. The van der Waals surface area contributed by atoms with Gasteiger partial charge in [0.25, 0.3) is 5.91 Å². The third kappa shape index (κ3) is 1.91. The van der Waals surface area contributed by atoms with Gasteiger partial charge in [-0.3, -0.25) is 4.79 Å². The maximum Gasteiger partial charge on any atom is 0.266 e. The van der Waals surface area contributed by atoms with E-state index in [1.807, 2.05) is 24.1 Å². The molecule has 1 fully saturated rings. The minimum Gasteiger partial charge on any atom is -0.397 e. The van der Waals surface area contributed by atoms with E-state index in [-0.39, 0.29) is 5.91 Å². The number of hydrogen-bond donors (Lipinski definition) is 1. The zero-order valence-electron chi connectivity index (χ0n) is 11.3. The lowest BCUT2D eigenvalue weighted by molar-refractivity contribution is 0.0658. The van der Waals surface area contributed by atoms with Gasteiger partial charge in [0.1, 0.15) is 4.88 Å². The predicted octanol–water partition coefficient (Wildman–Crippen LogP) is 3.42. The Bertz CT molecular complexity index is 643. The van der Waals surface area contributed by atoms with E-state index in [0.29, 0.717) is 16.6 Å². The Kier molecular flexibility index (Phi) is 2.97. The van der Waals surface area contributed by atoms with Gasteiger partial charge in [0.05, 0.1) is 5.69 Å². The third-order valence-electron chi connectivity index (χ3n) is 4.09. The smallest absolute Gasteiger partial charge is 0.266 e. The molecule has 4 heteroatoms. The van der Waals surface area contributed by atoms with Crippen LogP contribution in [0.5, 0.6) is 0 Å². The molecule has 0 radical (unpaired) electrons. The topological polar surface area (TPSA) is 46.3 Å². The van der Waals surface area contributed by atoms with Crippen LogP contribution in [0.3, 0.4) is 0 Å². The molecule has 2 aromatic rings. The van der Waals surface area contributed by atoms with Gasteiger partial charge in [-0.05, 0) is 31.7 Å². The number of rotatable bonds is 2. The summed E-state index contributed by atoms with van der Waals surface area (Å²) in [5.74, 6) is 0.0720. The quantitative estimate of drug-likeness (QED) is 0.912. The summed E-state index contributed by atoms with van der Waals surface area (Å²) in [7, 11) is 1.89. The van der Waals surface area contributed by atoms with Crippen LogP contribution in [0.1, 0.15) is 34.5 Å². The fourth-order valence-electron chi connectivity index (χ4n) is 2.54. The fraction of sp³-hybridized carbons (Fsp3) is 0.400. The van der Waals surface area contributed by atoms with E-state index in [1.165, 1.54) is 23.3 Å². The summed E-state index contributed by atoms with van der Waals surface area (Å²) in [4.78, 5) is 15.1. The number of fused-ring (bicyclic) bond motifs is 1. The molecule has 100 valence electrons. The third-order valence-corrected chi connectivity index (χ3v) is 5.43. The van der Waals surface area contributed by atoms with Gasteiger partial charge in [0.2, 0.25) is 0 Å². The summed E-state index contributed by atoms with van der Waals surface area (Å²) in [5.41, 5.74) is 7.99. The van der Waals surface area contributed by atoms with Crippen molar-refractivity contribution in [3.8, 4) is 0 Å². The van der Waals surface area contributed by atoms with Gasteiger partial charge in [-0.25, -0.2) is 0 Å². The average Bonchev–Trinajstić information content (AvgIpc) is 2.66. The number of nitrogen functional groups attached to an aromatic ring is 1. The van der Waals surface area contributed by atoms with Gasteiger partial charge >= 0.3 is 0 Å². The van der Waals surface area contributed by atoms with E-state index in [0.717, 1.165) is 22.9 Å². The average molecular weight is 274 g/mol. The van der Waals surface area contributed by atoms with E-state index in [1.54, 1.807) is 0 Å². The van der Waals surface area contributed by atoms with Crippen LogP contribution in [0.2, 0.25) is 0 Å². The van der Waals surface area contributed by atoms with Crippen molar-refractivity contribution < 1.29 is 4.79 Å². The Morgan fingerprint density at radius 1 is 1.42 bits per heavy atom. The number of aryl methyl sites for hydroxylation is 1. The van der Waals surface area contributed by atoms with Crippen LogP contribution in [-0.2, 0) is 0 Å². The fourth-order valence-corrected chi connectivity index (χ4v) is 3.71. The molecule has 2 N–H and O–H groups in total. The number of carbonyl (C=O) groups excluding carboxylic acids is 1. The standard InChI is InChI=1S/C15H18N2OS/c1-9-5-3-8-11-12(16)14(19-13(9)11)15(18)17(2)10-6-4-7-10/h3,5,8,10H,4,6-7,16H2,1-2H3. The number of nitrogens with two attached hydrogens (primary N) is 1. The van der Waals surface area contributed by atoms with E-state index in [2.05, 4.69) is 13.0 Å². The number of nitrogens with zero attached hydrogens (tertiary/aromatic N) is 1. The van der Waals surface area contributed by atoms with Crippen LogP contribution < -0.4 is 5.73 Å². The lowest BCUT2D eigenvalue weighted by Crippen LogP contribution is -2.41. The molecule has 1 aromatic heterocycles. The summed E-state index contributed by atoms with van der Waals surface area (Å²) in [6.45, 7) is 2.06. The maximum absolute atomic E-state index is 12.5. The van der Waals surface area contributed by atoms with E-state index in [9.17, 15) is 4.79 Å². The van der Waals surface area contributed by atoms with Crippen molar-refractivity contribution in [2.45, 2.75) is 32.2 Å². The molecule has 1 aliphatic rings. The molecule has 1 amide bonds. The second-order valence-corrected chi connectivity index (χ2v) is 6.32. The van der Waals surface area contributed by atoms with Gasteiger partial charge in [-0.15, -0.1) is 11.3 Å². The first kappa shape index (κ1) is 12.5. The number of benzene rings is 1. The second kappa shape index (κ2) is 4.53. The van der Waals surface area contributed by atoms with Crippen molar-refractivity contribution in [1.29, 1.82) is 0 Å². The van der Waals surface area contributed by atoms with Gasteiger partial charge in [-0.1, -0.05) is 18.2 Å². The Morgan fingerprint density at radius 2 is 2.16 bits per heavy atom. The summed E-state index contributed by atoms with van der Waals surface area (Å²) < 4.78 is 1.13. The van der Waals surface area contributed by atoms with E-state index < -0.39 is 0 Å². The van der Waals surface area contributed by atoms with Crippen molar-refractivity contribution in [1.82, 2.24) is 4.90 Å². The molecule has 0 aliphatic heterocycles. The summed E-state index contributed by atoms with van der Waals surface area (Å²) in [6.07, 6.45) is 3.46. The lowest BCUT2D eigenvalue weighted by atomic mass is 9.92. The van der Waals surface area contributed by atoms with Crippen molar-refractivity contribution in [3.05, 3.63) is 28.6 Å². The Labute approximate surface area is 117 Å². The minimum absolute atomic E-state index is 0.0720. The molecule has 0 unspecified atom stereocenters. The molecule has 0 saturated heterocycles. The molecule has 1 aromatic carbocycles. The summed E-state index contributed by atoms with van der Waals surface area (Å²) in [5, 5.41) is 1.01. The van der Waals surface area contributed by atoms with Crippen LogP contribution in [0.4, 0.5) is 5.69 Å². The molecular formula is C15H18N2OS. The zero-order chi connectivity index (χ0) is 13.6. The van der Waals surface area contributed by atoms with Crippen molar-refractivity contribution in [2.24, 2.45) is 0 Å². The first-order chi connectivity index (χ1) is 9.09. The highest BCUT2D eigenvalue weighted by Crippen LogP contribution is 2.37. The number of hydrogen-bond acceptors (Lipinski definition) is 3. The highest BCUT2D eigenvalue weighted by molar-refractivity contribution is 7.21. The van der Waals surface area contributed by atoms with Gasteiger partial charge in [0.15, 0.2) is 0 Å². The van der Waals surface area contributed by atoms with Crippen LogP contribution in [0.25, 0.3) is 10.1 Å². The van der Waals surface area contributed by atoms with Crippen molar-refractivity contribution in [3.63, 3.8) is 0 Å². The SMILES string of the molecule is Cc1cccc2c(N)c(C(=O)N(C)C3CCC3)sc12. The highest BCUT2D eigenvalue weighted by Gasteiger charge is 2.28. The summed E-state index contributed by atoms with van der Waals surface area (Å²) >= 11 is 1.52. The number of carbonyl (C=O) groups is 1. The Balaban J connectivity index is 2.02. The van der Waals surface area contributed by atoms with Gasteiger partial charge in [-0.2, -0.15) is 0 Å². The predicted molar refractivity (Wildman–Crippen MR) is 80.7 cm³/mol. The molecule has 0 spiro atoms. The zero-order valence-corrected chi connectivity index (χ0v) is 12.1.